The highest BCUT2D eigenvalue weighted by atomic mass is 16.5. The van der Waals surface area contributed by atoms with Crippen LogP contribution in [0.1, 0.15) is 19.4 Å². The van der Waals surface area contributed by atoms with Crippen LogP contribution in [0.25, 0.3) is 22.4 Å². The maximum atomic E-state index is 9.45. The fourth-order valence-corrected chi connectivity index (χ4v) is 2.58. The van der Waals surface area contributed by atoms with Gasteiger partial charge in [-0.05, 0) is 38.1 Å². The molecule has 1 aromatic carbocycles. The smallest absolute Gasteiger partial charge is 0.142 e. The predicted octanol–water partition coefficient (Wildman–Crippen LogP) is 4.05. The summed E-state index contributed by atoms with van der Waals surface area (Å²) in [6.07, 6.45) is 3.48. The number of pyridine rings is 2. The Morgan fingerprint density at radius 3 is 2.60 bits per heavy atom. The lowest BCUT2D eigenvalue weighted by molar-refractivity contribution is 0.242. The molecule has 0 saturated heterocycles. The van der Waals surface area contributed by atoms with Crippen LogP contribution in [0, 0.1) is 11.3 Å². The molecule has 0 spiro atoms. The molecule has 0 saturated carbocycles. The van der Waals surface area contributed by atoms with Crippen molar-refractivity contribution in [2.24, 2.45) is 0 Å². The second-order valence-corrected chi connectivity index (χ2v) is 5.86. The third-order valence-electron chi connectivity index (χ3n) is 3.63. The fourth-order valence-electron chi connectivity index (χ4n) is 2.58. The van der Waals surface area contributed by atoms with Crippen LogP contribution in [-0.2, 0) is 0 Å². The quantitative estimate of drug-likeness (QED) is 0.780. The van der Waals surface area contributed by atoms with Gasteiger partial charge in [0.25, 0.3) is 0 Å². The van der Waals surface area contributed by atoms with Crippen molar-refractivity contribution in [3.8, 4) is 34.2 Å². The van der Waals surface area contributed by atoms with Crippen LogP contribution in [0.2, 0.25) is 0 Å². The molecule has 0 amide bonds. The van der Waals surface area contributed by atoms with E-state index < -0.39 is 0 Å². The van der Waals surface area contributed by atoms with Crippen LogP contribution in [0.5, 0.6) is 5.75 Å². The number of benzene rings is 1. The van der Waals surface area contributed by atoms with Crippen LogP contribution in [0.15, 0.2) is 54.9 Å². The van der Waals surface area contributed by atoms with E-state index in [0.717, 1.165) is 16.9 Å². The summed E-state index contributed by atoms with van der Waals surface area (Å²) in [7, 11) is 0. The normalized spacial score (nSPS) is 10.5. The lowest BCUT2D eigenvalue weighted by atomic mass is 9.99. The van der Waals surface area contributed by atoms with Gasteiger partial charge in [0.15, 0.2) is 0 Å². The summed E-state index contributed by atoms with van der Waals surface area (Å²) in [5.41, 5.74) is 9.49. The zero-order valence-corrected chi connectivity index (χ0v) is 14.1. The summed E-state index contributed by atoms with van der Waals surface area (Å²) < 4.78 is 5.74. The largest absolute Gasteiger partial charge is 0.491 e. The van der Waals surface area contributed by atoms with Crippen molar-refractivity contribution in [2.45, 2.75) is 20.0 Å². The van der Waals surface area contributed by atoms with Crippen LogP contribution >= 0.6 is 0 Å². The SMILES string of the molecule is CC(C)Oc1cccc(-c2cc(-c3cccnc3)c(C#N)c(N)n2)c1. The van der Waals surface area contributed by atoms with Gasteiger partial charge >= 0.3 is 0 Å². The Bertz CT molecular complexity index is 930. The van der Waals surface area contributed by atoms with Gasteiger partial charge in [0.05, 0.1) is 11.8 Å². The molecule has 0 atom stereocenters. The number of aromatic nitrogens is 2. The van der Waals surface area contributed by atoms with E-state index in [9.17, 15) is 5.26 Å². The minimum absolute atomic E-state index is 0.0835. The van der Waals surface area contributed by atoms with Crippen molar-refractivity contribution in [1.82, 2.24) is 9.97 Å². The lowest BCUT2D eigenvalue weighted by Gasteiger charge is -2.12. The molecule has 2 aromatic heterocycles. The van der Waals surface area contributed by atoms with E-state index in [4.69, 9.17) is 10.5 Å². The highest BCUT2D eigenvalue weighted by Gasteiger charge is 2.14. The molecule has 0 radical (unpaired) electrons. The predicted molar refractivity (Wildman–Crippen MR) is 97.8 cm³/mol. The van der Waals surface area contributed by atoms with Crippen LogP contribution in [-0.4, -0.2) is 16.1 Å². The lowest BCUT2D eigenvalue weighted by Crippen LogP contribution is -2.05. The zero-order chi connectivity index (χ0) is 17.8. The monoisotopic (exact) mass is 330 g/mol. The molecule has 5 heteroatoms. The first-order chi connectivity index (χ1) is 12.1. The number of ether oxygens (including phenoxy) is 1. The van der Waals surface area contributed by atoms with Gasteiger partial charge in [-0.1, -0.05) is 18.2 Å². The molecule has 25 heavy (non-hydrogen) atoms. The molecular weight excluding hydrogens is 312 g/mol. The second-order valence-electron chi connectivity index (χ2n) is 5.86. The molecule has 5 nitrogen and oxygen atoms in total. The first kappa shape index (κ1) is 16.5. The van der Waals surface area contributed by atoms with E-state index in [1.807, 2.05) is 56.3 Å². The second kappa shape index (κ2) is 7.02. The molecule has 124 valence electrons. The Labute approximate surface area is 146 Å². The number of nitrogen functional groups attached to an aromatic ring is 1. The highest BCUT2D eigenvalue weighted by Crippen LogP contribution is 2.31. The van der Waals surface area contributed by atoms with Gasteiger partial charge in [-0.25, -0.2) is 4.98 Å². The van der Waals surface area contributed by atoms with Gasteiger partial charge in [0.1, 0.15) is 23.2 Å². The van der Waals surface area contributed by atoms with Crippen molar-refractivity contribution < 1.29 is 4.74 Å². The average molecular weight is 330 g/mol. The third kappa shape index (κ3) is 3.59. The number of nitrogens with zero attached hydrogens (tertiary/aromatic N) is 3. The molecule has 2 heterocycles. The summed E-state index contributed by atoms with van der Waals surface area (Å²) in [4.78, 5) is 8.52. The third-order valence-corrected chi connectivity index (χ3v) is 3.63. The number of hydrogen-bond acceptors (Lipinski definition) is 5. The first-order valence-corrected chi connectivity index (χ1v) is 7.96. The number of nitriles is 1. The van der Waals surface area contributed by atoms with Gasteiger partial charge in [0.2, 0.25) is 0 Å². The molecule has 0 unspecified atom stereocenters. The summed E-state index contributed by atoms with van der Waals surface area (Å²) in [5, 5.41) is 9.45. The molecule has 2 N–H and O–H groups in total. The molecule has 0 bridgehead atoms. The van der Waals surface area contributed by atoms with Crippen molar-refractivity contribution >= 4 is 5.82 Å². The topological polar surface area (TPSA) is 84.8 Å². The van der Waals surface area contributed by atoms with Gasteiger partial charge in [-0.15, -0.1) is 0 Å². The van der Waals surface area contributed by atoms with Crippen LogP contribution in [0.4, 0.5) is 5.82 Å². The molecule has 3 rings (SSSR count). The zero-order valence-electron chi connectivity index (χ0n) is 14.1. The summed E-state index contributed by atoms with van der Waals surface area (Å²) in [6.45, 7) is 3.95. The molecule has 0 aliphatic carbocycles. The van der Waals surface area contributed by atoms with Crippen molar-refractivity contribution in [3.63, 3.8) is 0 Å². The average Bonchev–Trinajstić information content (AvgIpc) is 2.61. The summed E-state index contributed by atoms with van der Waals surface area (Å²) >= 11 is 0. The van der Waals surface area contributed by atoms with Crippen LogP contribution in [0.3, 0.4) is 0 Å². The van der Waals surface area contributed by atoms with Crippen molar-refractivity contribution in [1.29, 1.82) is 5.26 Å². The Morgan fingerprint density at radius 2 is 1.92 bits per heavy atom. The van der Waals surface area contributed by atoms with Crippen molar-refractivity contribution in [3.05, 3.63) is 60.4 Å². The Kier molecular flexibility index (Phi) is 4.62. The fraction of sp³-hybridized carbons (Fsp3) is 0.150. The summed E-state index contributed by atoms with van der Waals surface area (Å²) in [6, 6.07) is 15.4. The maximum absolute atomic E-state index is 9.45. The minimum atomic E-state index is 0.0835. The highest BCUT2D eigenvalue weighted by molar-refractivity contribution is 5.79. The van der Waals surface area contributed by atoms with E-state index in [2.05, 4.69) is 16.0 Å². The minimum Gasteiger partial charge on any atom is -0.491 e. The maximum Gasteiger partial charge on any atom is 0.142 e. The Balaban J connectivity index is 2.13. The molecule has 3 aromatic rings. The standard InChI is InChI=1S/C20H18N4O/c1-13(2)25-16-7-3-5-14(9-16)19-10-17(15-6-4-8-23-12-15)18(11-21)20(22)24-19/h3-10,12-13H,1-2H3,(H2,22,24). The van der Waals surface area contributed by atoms with Gasteiger partial charge in [-0.3, -0.25) is 4.98 Å². The molecular formula is C20H18N4O. The summed E-state index contributed by atoms with van der Waals surface area (Å²) in [5.74, 6) is 0.967. The Hall–Kier alpha value is -3.39. The Morgan fingerprint density at radius 1 is 1.12 bits per heavy atom. The van der Waals surface area contributed by atoms with E-state index in [-0.39, 0.29) is 11.9 Å². The van der Waals surface area contributed by atoms with Crippen LogP contribution < -0.4 is 10.5 Å². The molecule has 0 aliphatic rings. The van der Waals surface area contributed by atoms with Crippen molar-refractivity contribution in [2.75, 3.05) is 5.73 Å². The number of hydrogen-bond donors (Lipinski definition) is 1. The van der Waals surface area contributed by atoms with E-state index >= 15 is 0 Å². The van der Waals surface area contributed by atoms with E-state index in [0.29, 0.717) is 16.8 Å². The molecule has 0 aliphatic heterocycles. The number of nitrogens with two attached hydrogens (primary N) is 1. The molecule has 0 fully saturated rings. The van der Waals surface area contributed by atoms with Gasteiger partial charge < -0.3 is 10.5 Å². The van der Waals surface area contributed by atoms with E-state index in [1.54, 1.807) is 12.4 Å². The number of anilines is 1. The first-order valence-electron chi connectivity index (χ1n) is 7.96. The van der Waals surface area contributed by atoms with E-state index in [1.165, 1.54) is 0 Å². The van der Waals surface area contributed by atoms with Gasteiger partial charge in [0, 0.05) is 29.1 Å². The van der Waals surface area contributed by atoms with Gasteiger partial charge in [-0.2, -0.15) is 5.26 Å². The number of rotatable bonds is 4.